The lowest BCUT2D eigenvalue weighted by atomic mass is 9.79. The smallest absolute Gasteiger partial charge is 0.229 e. The van der Waals surface area contributed by atoms with Crippen LogP contribution in [0, 0.1) is 17.2 Å². The fourth-order valence-corrected chi connectivity index (χ4v) is 3.37. The van der Waals surface area contributed by atoms with Crippen molar-refractivity contribution in [3.63, 3.8) is 0 Å². The van der Waals surface area contributed by atoms with Crippen LogP contribution in [0.15, 0.2) is 54.6 Å². The molecule has 0 aromatic heterocycles. The van der Waals surface area contributed by atoms with Gasteiger partial charge >= 0.3 is 0 Å². The van der Waals surface area contributed by atoms with Crippen LogP contribution in [0.1, 0.15) is 38.8 Å². The first-order valence-electron chi connectivity index (χ1n) is 9.96. The van der Waals surface area contributed by atoms with E-state index in [1.54, 1.807) is 12.1 Å². The number of allylic oxidation sites excluding steroid dienone is 1. The van der Waals surface area contributed by atoms with Crippen molar-refractivity contribution < 1.29 is 18.3 Å². The average Bonchev–Trinajstić information content (AvgIpc) is 2.65. The number of halogens is 1. The zero-order valence-corrected chi connectivity index (χ0v) is 19.3. The molecule has 0 unspecified atom stereocenters. The highest BCUT2D eigenvalue weighted by atomic mass is 28.3. The van der Waals surface area contributed by atoms with Crippen molar-refractivity contribution in [1.29, 1.82) is 0 Å². The molecule has 29 heavy (non-hydrogen) atoms. The van der Waals surface area contributed by atoms with Crippen LogP contribution in [0.3, 0.4) is 0 Å². The molecule has 2 rings (SSSR count). The lowest BCUT2D eigenvalue weighted by Crippen LogP contribution is -2.25. The molecule has 0 bridgehead atoms. The van der Waals surface area contributed by atoms with Gasteiger partial charge in [0.05, 0.1) is 5.56 Å². The molecule has 1 atom stereocenters. The minimum atomic E-state index is -1.51. The Morgan fingerprint density at radius 3 is 2.38 bits per heavy atom. The molecular formula is C24H31FO3Si. The summed E-state index contributed by atoms with van der Waals surface area (Å²) < 4.78 is 25.9. The number of hydrogen-bond donors (Lipinski definition) is 0. The van der Waals surface area contributed by atoms with Gasteiger partial charge in [0, 0.05) is 18.1 Å². The van der Waals surface area contributed by atoms with Gasteiger partial charge < -0.3 is 9.16 Å². The molecule has 0 aliphatic rings. The van der Waals surface area contributed by atoms with Crippen molar-refractivity contribution in [3.05, 3.63) is 71.6 Å². The predicted octanol–water partition coefficient (Wildman–Crippen LogP) is 6.00. The average molecular weight is 415 g/mol. The highest BCUT2D eigenvalue weighted by molar-refractivity contribution is 6.49. The Kier molecular flexibility index (Phi) is 7.79. The van der Waals surface area contributed by atoms with E-state index in [0.29, 0.717) is 23.7 Å². The normalized spacial score (nSPS) is 13.3. The van der Waals surface area contributed by atoms with Gasteiger partial charge in [-0.2, -0.15) is 0 Å². The fourth-order valence-electron chi connectivity index (χ4n) is 2.66. The van der Waals surface area contributed by atoms with Crippen LogP contribution in [-0.4, -0.2) is 14.8 Å². The first-order chi connectivity index (χ1) is 13.6. The van der Waals surface area contributed by atoms with Gasteiger partial charge in [-0.25, -0.2) is 4.39 Å². The highest BCUT2D eigenvalue weighted by Gasteiger charge is 2.26. The van der Waals surface area contributed by atoms with Gasteiger partial charge in [-0.1, -0.05) is 58.0 Å². The maximum Gasteiger partial charge on any atom is 0.229 e. The van der Waals surface area contributed by atoms with Crippen molar-refractivity contribution in [2.75, 3.05) is 0 Å². The second-order valence-corrected chi connectivity index (χ2v) is 10.9. The summed E-state index contributed by atoms with van der Waals surface area (Å²) >= 11 is 0. The third-order valence-corrected chi connectivity index (χ3v) is 5.53. The number of ether oxygens (including phenoxy) is 1. The summed E-state index contributed by atoms with van der Waals surface area (Å²) in [7, 11) is -1.51. The second-order valence-electron chi connectivity index (χ2n) is 8.58. The van der Waals surface area contributed by atoms with Crippen molar-refractivity contribution in [2.24, 2.45) is 11.3 Å². The number of ketones is 1. The number of carbonyl (C=O) groups excluding carboxylic acids is 1. The van der Waals surface area contributed by atoms with Crippen LogP contribution in [0.4, 0.5) is 4.39 Å². The van der Waals surface area contributed by atoms with Crippen molar-refractivity contribution in [2.45, 2.75) is 47.4 Å². The Bertz CT molecular complexity index is 854. The molecule has 0 amide bonds. The van der Waals surface area contributed by atoms with Crippen LogP contribution >= 0.6 is 0 Å². The molecule has 2 aromatic carbocycles. The van der Waals surface area contributed by atoms with Crippen molar-refractivity contribution >= 4 is 20.6 Å². The Morgan fingerprint density at radius 2 is 1.79 bits per heavy atom. The number of hydrogen-bond acceptors (Lipinski definition) is 3. The van der Waals surface area contributed by atoms with E-state index in [-0.39, 0.29) is 17.1 Å². The molecule has 0 fully saturated rings. The molecule has 3 nitrogen and oxygen atoms in total. The molecule has 0 N–H and O–H groups in total. The van der Waals surface area contributed by atoms with E-state index in [9.17, 15) is 9.18 Å². The quantitative estimate of drug-likeness (QED) is 0.302. The molecule has 0 aliphatic heterocycles. The van der Waals surface area contributed by atoms with Crippen LogP contribution in [-0.2, 0) is 15.8 Å². The zero-order chi connectivity index (χ0) is 21.6. The maximum absolute atomic E-state index is 13.9. The maximum atomic E-state index is 13.9. The molecule has 156 valence electrons. The van der Waals surface area contributed by atoms with Gasteiger partial charge in [-0.3, -0.25) is 4.79 Å². The van der Waals surface area contributed by atoms with Crippen LogP contribution < -0.4 is 4.74 Å². The SMILES string of the molecule is C[C@H](C(=O)C=C(O[SiH](C)C)c1ccc(F)cc1OCc1ccccc1)C(C)(C)C. The monoisotopic (exact) mass is 414 g/mol. The molecular weight excluding hydrogens is 383 g/mol. The fraction of sp³-hybridized carbons (Fsp3) is 0.375. The summed E-state index contributed by atoms with van der Waals surface area (Å²) in [4.78, 5) is 12.9. The van der Waals surface area contributed by atoms with E-state index in [2.05, 4.69) is 0 Å². The molecule has 0 spiro atoms. The van der Waals surface area contributed by atoms with E-state index >= 15 is 0 Å². The first kappa shape index (κ1) is 22.9. The first-order valence-corrected chi connectivity index (χ1v) is 12.7. The van der Waals surface area contributed by atoms with Gasteiger partial charge in [0.15, 0.2) is 5.78 Å². The third-order valence-electron chi connectivity index (χ3n) is 4.81. The second kappa shape index (κ2) is 9.88. The Labute approximate surface area is 175 Å². The minimum absolute atomic E-state index is 0.0134. The van der Waals surface area contributed by atoms with E-state index < -0.39 is 14.9 Å². The van der Waals surface area contributed by atoms with E-state index in [4.69, 9.17) is 9.16 Å². The van der Waals surface area contributed by atoms with Gasteiger partial charge in [0.2, 0.25) is 9.04 Å². The zero-order valence-electron chi connectivity index (χ0n) is 18.2. The molecule has 2 aromatic rings. The van der Waals surface area contributed by atoms with Crippen molar-refractivity contribution in [3.8, 4) is 5.75 Å². The summed E-state index contributed by atoms with van der Waals surface area (Å²) in [6.45, 7) is 12.4. The van der Waals surface area contributed by atoms with E-state index in [1.165, 1.54) is 12.1 Å². The number of carbonyl (C=O) groups is 1. The van der Waals surface area contributed by atoms with Crippen molar-refractivity contribution in [1.82, 2.24) is 0 Å². The summed E-state index contributed by atoms with van der Waals surface area (Å²) in [5.74, 6) is 0.235. The van der Waals surface area contributed by atoms with Gasteiger partial charge in [-0.15, -0.1) is 0 Å². The summed E-state index contributed by atoms with van der Waals surface area (Å²) in [6.07, 6.45) is 1.55. The Balaban J connectivity index is 2.39. The van der Waals surface area contributed by atoms with Crippen LogP contribution in [0.2, 0.25) is 13.1 Å². The molecule has 0 radical (unpaired) electrons. The largest absolute Gasteiger partial charge is 0.546 e. The molecule has 5 heteroatoms. The summed E-state index contributed by atoms with van der Waals surface area (Å²) in [5, 5.41) is 0. The Hall–Kier alpha value is -2.40. The number of rotatable bonds is 8. The molecule has 0 heterocycles. The van der Waals surface area contributed by atoms with Gasteiger partial charge in [-0.05, 0) is 36.2 Å². The predicted molar refractivity (Wildman–Crippen MR) is 119 cm³/mol. The van der Waals surface area contributed by atoms with E-state index in [1.807, 2.05) is 71.1 Å². The molecule has 0 saturated carbocycles. The lowest BCUT2D eigenvalue weighted by Gasteiger charge is -2.25. The lowest BCUT2D eigenvalue weighted by molar-refractivity contribution is -0.120. The molecule has 0 saturated heterocycles. The third kappa shape index (κ3) is 6.86. The topological polar surface area (TPSA) is 35.5 Å². The number of benzene rings is 2. The molecule has 0 aliphatic carbocycles. The Morgan fingerprint density at radius 1 is 1.14 bits per heavy atom. The van der Waals surface area contributed by atoms with Crippen LogP contribution in [0.25, 0.3) is 5.76 Å². The highest BCUT2D eigenvalue weighted by Crippen LogP contribution is 2.32. The van der Waals surface area contributed by atoms with Gasteiger partial charge in [0.25, 0.3) is 0 Å². The van der Waals surface area contributed by atoms with Gasteiger partial charge in [0.1, 0.15) is 23.9 Å². The van der Waals surface area contributed by atoms with Crippen LogP contribution in [0.5, 0.6) is 5.75 Å². The summed E-state index contributed by atoms with van der Waals surface area (Å²) in [6, 6.07) is 14.0. The minimum Gasteiger partial charge on any atom is -0.546 e. The standard InChI is InChI=1S/C24H31FO3Si/c1-17(24(2,3)4)21(26)15-23(28-29(5)6)20-13-12-19(25)14-22(20)27-16-18-10-8-7-9-11-18/h7-15,17,29H,16H2,1-6H3/t17-/m1/s1. The van der Waals surface area contributed by atoms with E-state index in [0.717, 1.165) is 5.56 Å². The summed E-state index contributed by atoms with van der Waals surface area (Å²) in [5.41, 5.74) is 1.41.